The van der Waals surface area contributed by atoms with Gasteiger partial charge in [-0.3, -0.25) is 0 Å². The van der Waals surface area contributed by atoms with E-state index in [0.717, 1.165) is 38.0 Å². The molecule has 1 aromatic rings. The molecule has 8 nitrogen and oxygen atoms in total. The molecule has 8 heteroatoms. The number of carboxylic acid groups (broad SMARTS) is 1. The molecule has 0 aromatic carbocycles. The zero-order valence-corrected chi connectivity index (χ0v) is 18.8. The lowest BCUT2D eigenvalue weighted by Crippen LogP contribution is -2.46. The summed E-state index contributed by atoms with van der Waals surface area (Å²) in [4.78, 5) is 36.5. The van der Waals surface area contributed by atoms with Gasteiger partial charge in [-0.15, -0.1) is 0 Å². The van der Waals surface area contributed by atoms with E-state index in [9.17, 15) is 9.59 Å². The molecule has 1 atom stereocenters. The molecular formula is C23H34N4O4. The molecule has 1 aliphatic heterocycles. The summed E-state index contributed by atoms with van der Waals surface area (Å²) in [5.41, 5.74) is -0.0690. The number of nitrogens with zero attached hydrogens (tertiary/aromatic N) is 4. The smallest absolute Gasteiger partial charge is 0.417 e. The van der Waals surface area contributed by atoms with Gasteiger partial charge in [-0.25, -0.2) is 24.5 Å². The molecule has 1 saturated heterocycles. The number of aliphatic carboxylic acids is 1. The molecule has 2 heterocycles. The van der Waals surface area contributed by atoms with Crippen LogP contribution in [0.5, 0.6) is 0 Å². The van der Waals surface area contributed by atoms with Gasteiger partial charge in [0.2, 0.25) is 5.95 Å². The molecule has 1 aromatic heterocycles. The fourth-order valence-electron chi connectivity index (χ4n) is 4.34. The van der Waals surface area contributed by atoms with Crippen LogP contribution in [-0.2, 0) is 9.53 Å². The lowest BCUT2D eigenvalue weighted by atomic mass is 9.89. The Labute approximate surface area is 184 Å². The van der Waals surface area contributed by atoms with Crippen molar-refractivity contribution in [3.05, 3.63) is 24.0 Å². The molecule has 2 aliphatic rings. The number of amides is 1. The van der Waals surface area contributed by atoms with Gasteiger partial charge in [-0.1, -0.05) is 19.3 Å². The van der Waals surface area contributed by atoms with Crippen molar-refractivity contribution in [3.63, 3.8) is 0 Å². The van der Waals surface area contributed by atoms with E-state index in [-0.39, 0.29) is 12.0 Å². The number of aromatic nitrogens is 2. The summed E-state index contributed by atoms with van der Waals surface area (Å²) in [6.07, 6.45) is 12.5. The number of carbonyl (C=O) groups is 2. The molecule has 2 fully saturated rings. The van der Waals surface area contributed by atoms with E-state index >= 15 is 0 Å². The third-order valence-electron chi connectivity index (χ3n) is 5.74. The topological polar surface area (TPSA) is 95.9 Å². The van der Waals surface area contributed by atoms with E-state index in [0.29, 0.717) is 5.56 Å². The van der Waals surface area contributed by atoms with Crippen LogP contribution in [0.1, 0.15) is 64.9 Å². The molecule has 1 amide bonds. The average molecular weight is 431 g/mol. The average Bonchev–Trinajstić information content (AvgIpc) is 3.14. The maximum atomic E-state index is 13.1. The van der Waals surface area contributed by atoms with Crippen LogP contribution in [0.25, 0.3) is 6.08 Å². The predicted octanol–water partition coefficient (Wildman–Crippen LogP) is 3.97. The van der Waals surface area contributed by atoms with Gasteiger partial charge in [0.1, 0.15) is 5.60 Å². The van der Waals surface area contributed by atoms with Gasteiger partial charge < -0.3 is 14.7 Å². The highest BCUT2D eigenvalue weighted by Crippen LogP contribution is 2.28. The number of hydrogen-bond donors (Lipinski definition) is 1. The number of carbonyl (C=O) groups excluding carboxylic acids is 1. The minimum Gasteiger partial charge on any atom is -0.478 e. The van der Waals surface area contributed by atoms with Crippen molar-refractivity contribution in [2.45, 2.75) is 70.9 Å². The van der Waals surface area contributed by atoms with Crippen LogP contribution in [0.15, 0.2) is 18.5 Å². The predicted molar refractivity (Wildman–Crippen MR) is 119 cm³/mol. The van der Waals surface area contributed by atoms with Crippen LogP contribution in [0.2, 0.25) is 0 Å². The van der Waals surface area contributed by atoms with E-state index in [4.69, 9.17) is 9.84 Å². The molecule has 1 N–H and O–H groups in total. The Morgan fingerprint density at radius 3 is 2.48 bits per heavy atom. The summed E-state index contributed by atoms with van der Waals surface area (Å²) in [6, 6.07) is -0.0566. The van der Waals surface area contributed by atoms with Crippen molar-refractivity contribution >= 4 is 24.1 Å². The molecular weight excluding hydrogens is 396 g/mol. The van der Waals surface area contributed by atoms with Gasteiger partial charge in [0, 0.05) is 43.7 Å². The van der Waals surface area contributed by atoms with E-state index in [1.54, 1.807) is 4.90 Å². The van der Waals surface area contributed by atoms with Gasteiger partial charge >= 0.3 is 12.1 Å². The van der Waals surface area contributed by atoms with Crippen molar-refractivity contribution in [1.82, 2.24) is 14.9 Å². The Balaban J connectivity index is 1.73. The molecule has 1 aliphatic carbocycles. The molecule has 31 heavy (non-hydrogen) atoms. The highest BCUT2D eigenvalue weighted by Gasteiger charge is 2.36. The number of rotatable bonds is 6. The fourth-order valence-corrected chi connectivity index (χ4v) is 4.34. The second kappa shape index (κ2) is 10.2. The van der Waals surface area contributed by atoms with Crippen molar-refractivity contribution in [2.24, 2.45) is 5.92 Å². The minimum atomic E-state index is -1.04. The second-order valence-corrected chi connectivity index (χ2v) is 9.54. The zero-order chi connectivity index (χ0) is 22.4. The quantitative estimate of drug-likeness (QED) is 0.682. The molecule has 0 radical (unpaired) electrons. The van der Waals surface area contributed by atoms with E-state index in [1.807, 2.05) is 20.8 Å². The van der Waals surface area contributed by atoms with Crippen molar-refractivity contribution in [2.75, 3.05) is 24.5 Å². The lowest BCUT2D eigenvalue weighted by Gasteiger charge is -2.31. The molecule has 0 unspecified atom stereocenters. The number of hydrogen-bond acceptors (Lipinski definition) is 6. The van der Waals surface area contributed by atoms with Crippen molar-refractivity contribution in [3.8, 4) is 0 Å². The monoisotopic (exact) mass is 430 g/mol. The first-order valence-electron chi connectivity index (χ1n) is 11.2. The summed E-state index contributed by atoms with van der Waals surface area (Å²) in [5, 5.41) is 8.78. The van der Waals surface area contributed by atoms with Crippen LogP contribution in [-0.4, -0.2) is 63.3 Å². The highest BCUT2D eigenvalue weighted by atomic mass is 16.6. The van der Waals surface area contributed by atoms with Gasteiger partial charge in [0.05, 0.1) is 6.04 Å². The van der Waals surface area contributed by atoms with Crippen molar-refractivity contribution < 1.29 is 19.4 Å². The third-order valence-corrected chi connectivity index (χ3v) is 5.74. The molecule has 0 bridgehead atoms. The second-order valence-electron chi connectivity index (χ2n) is 9.54. The molecule has 3 rings (SSSR count). The Bertz CT molecular complexity index is 782. The molecule has 1 saturated carbocycles. The Hall–Kier alpha value is -2.48. The maximum Gasteiger partial charge on any atom is 0.417 e. The number of carboxylic acids is 1. The Kier molecular flexibility index (Phi) is 7.64. The molecule has 170 valence electrons. The van der Waals surface area contributed by atoms with Gasteiger partial charge in [0.25, 0.3) is 0 Å². The van der Waals surface area contributed by atoms with Gasteiger partial charge in [-0.05, 0) is 52.0 Å². The number of likely N-dealkylation sites (tertiary alicyclic amines) is 1. The number of anilines is 1. The largest absolute Gasteiger partial charge is 0.478 e. The normalized spacial score (nSPS) is 20.8. The summed E-state index contributed by atoms with van der Waals surface area (Å²) in [7, 11) is 0. The maximum absolute atomic E-state index is 13.1. The molecule has 0 spiro atoms. The van der Waals surface area contributed by atoms with Crippen molar-refractivity contribution in [1.29, 1.82) is 0 Å². The van der Waals surface area contributed by atoms with E-state index in [1.165, 1.54) is 50.6 Å². The minimum absolute atomic E-state index is 0.0566. The Morgan fingerprint density at radius 2 is 1.87 bits per heavy atom. The zero-order valence-electron chi connectivity index (χ0n) is 18.8. The van der Waals surface area contributed by atoms with E-state index in [2.05, 4.69) is 14.9 Å². The van der Waals surface area contributed by atoms with Gasteiger partial charge in [-0.2, -0.15) is 0 Å². The summed E-state index contributed by atoms with van der Waals surface area (Å²) in [5.74, 6) is -0.00579. The van der Waals surface area contributed by atoms with Crippen LogP contribution in [0.4, 0.5) is 10.7 Å². The lowest BCUT2D eigenvalue weighted by molar-refractivity contribution is -0.131. The SMILES string of the molecule is CC(C)(C)OC(=O)N(c1ncc(/C=C/C(=O)O)cn1)[C@@H]1CCN(CC2CCCCC2)C1. The number of ether oxygens (including phenoxy) is 1. The first-order valence-corrected chi connectivity index (χ1v) is 11.2. The fraction of sp³-hybridized carbons (Fsp3) is 0.652. The summed E-state index contributed by atoms with van der Waals surface area (Å²) < 4.78 is 5.66. The first kappa shape index (κ1) is 23.2. The summed E-state index contributed by atoms with van der Waals surface area (Å²) >= 11 is 0. The van der Waals surface area contributed by atoms with Gasteiger partial charge in [0.15, 0.2) is 0 Å². The first-order chi connectivity index (χ1) is 14.7. The highest BCUT2D eigenvalue weighted by molar-refractivity contribution is 5.87. The third kappa shape index (κ3) is 7.02. The van der Waals surface area contributed by atoms with Crippen LogP contribution in [0, 0.1) is 5.92 Å². The standard InChI is InChI=1S/C23H34N4O4/c1-23(2,3)31-22(30)27(21-24-13-18(14-25-21)9-10-20(28)29)19-11-12-26(16-19)15-17-7-5-4-6-8-17/h9-10,13-14,17,19H,4-8,11-12,15-16H2,1-3H3,(H,28,29)/b10-9+/t19-/m1/s1. The van der Waals surface area contributed by atoms with Crippen LogP contribution in [0.3, 0.4) is 0 Å². The van der Waals surface area contributed by atoms with Crippen LogP contribution < -0.4 is 4.90 Å². The van der Waals surface area contributed by atoms with E-state index < -0.39 is 17.7 Å². The summed E-state index contributed by atoms with van der Waals surface area (Å²) in [6.45, 7) is 8.33. The van der Waals surface area contributed by atoms with Crippen LogP contribution >= 0.6 is 0 Å². The Morgan fingerprint density at radius 1 is 1.19 bits per heavy atom.